The number of methoxy groups -OCH3 is 1. The standard InChI is InChI=1S/C15H16O3S/c1-3-19(16,17)15-10-6-13(7-11-15)12-4-8-14(18-2)9-5-12/h4-11H,3H2,1-2H3. The Bertz CT molecular complexity index is 641. The first-order chi connectivity index (χ1) is 9.06. The van der Waals surface area contributed by atoms with E-state index in [1.165, 1.54) is 0 Å². The molecule has 100 valence electrons. The minimum atomic E-state index is -3.13. The molecule has 3 nitrogen and oxygen atoms in total. The Kier molecular flexibility index (Phi) is 3.90. The highest BCUT2D eigenvalue weighted by molar-refractivity contribution is 7.91. The molecule has 0 fully saturated rings. The highest BCUT2D eigenvalue weighted by Gasteiger charge is 2.10. The van der Waals surface area contributed by atoms with Crippen LogP contribution in [0, 0.1) is 0 Å². The number of ether oxygens (including phenoxy) is 1. The van der Waals surface area contributed by atoms with Crippen LogP contribution in [0.1, 0.15) is 6.92 Å². The second-order valence-electron chi connectivity index (χ2n) is 4.16. The van der Waals surface area contributed by atoms with Crippen molar-refractivity contribution in [3.05, 3.63) is 48.5 Å². The smallest absolute Gasteiger partial charge is 0.178 e. The fourth-order valence-corrected chi connectivity index (χ4v) is 2.69. The molecule has 2 rings (SSSR count). The fourth-order valence-electron chi connectivity index (χ4n) is 1.80. The number of sulfone groups is 1. The lowest BCUT2D eigenvalue weighted by Gasteiger charge is -2.05. The number of hydrogen-bond acceptors (Lipinski definition) is 3. The van der Waals surface area contributed by atoms with Crippen molar-refractivity contribution >= 4 is 9.84 Å². The van der Waals surface area contributed by atoms with Crippen LogP contribution >= 0.6 is 0 Å². The van der Waals surface area contributed by atoms with Gasteiger partial charge in [-0.2, -0.15) is 0 Å². The van der Waals surface area contributed by atoms with Crippen LogP contribution in [-0.4, -0.2) is 21.3 Å². The molecule has 4 heteroatoms. The normalized spacial score (nSPS) is 11.3. The molecule has 0 unspecified atom stereocenters. The fraction of sp³-hybridized carbons (Fsp3) is 0.200. The van der Waals surface area contributed by atoms with E-state index < -0.39 is 9.84 Å². The molecule has 0 heterocycles. The van der Waals surface area contributed by atoms with Crippen molar-refractivity contribution in [1.29, 1.82) is 0 Å². The Hall–Kier alpha value is -1.81. The van der Waals surface area contributed by atoms with Gasteiger partial charge >= 0.3 is 0 Å². The highest BCUT2D eigenvalue weighted by Crippen LogP contribution is 2.24. The maximum atomic E-state index is 11.7. The quantitative estimate of drug-likeness (QED) is 0.861. The predicted molar refractivity (Wildman–Crippen MR) is 76.2 cm³/mol. The van der Waals surface area contributed by atoms with Crippen molar-refractivity contribution in [3.8, 4) is 16.9 Å². The molecular formula is C15H16O3S. The third-order valence-corrected chi connectivity index (χ3v) is 4.77. The van der Waals surface area contributed by atoms with Gasteiger partial charge in [0, 0.05) is 0 Å². The molecule has 2 aromatic rings. The van der Waals surface area contributed by atoms with E-state index in [9.17, 15) is 8.42 Å². The number of rotatable bonds is 4. The first-order valence-corrected chi connectivity index (χ1v) is 7.69. The first kappa shape index (κ1) is 13.6. The van der Waals surface area contributed by atoms with Gasteiger partial charge in [0.15, 0.2) is 9.84 Å². The summed E-state index contributed by atoms with van der Waals surface area (Å²) in [6.45, 7) is 1.65. The third-order valence-electron chi connectivity index (χ3n) is 3.02. The maximum absolute atomic E-state index is 11.7. The molecule has 0 radical (unpaired) electrons. The maximum Gasteiger partial charge on any atom is 0.178 e. The molecule has 0 aliphatic rings. The zero-order valence-electron chi connectivity index (χ0n) is 11.0. The molecule has 0 saturated carbocycles. The monoisotopic (exact) mass is 276 g/mol. The second-order valence-corrected chi connectivity index (χ2v) is 6.43. The summed E-state index contributed by atoms with van der Waals surface area (Å²) in [6, 6.07) is 14.6. The van der Waals surface area contributed by atoms with Crippen LogP contribution < -0.4 is 4.74 Å². The Labute approximate surface area is 113 Å². The van der Waals surface area contributed by atoms with E-state index in [1.807, 2.05) is 36.4 Å². The van der Waals surface area contributed by atoms with Gasteiger partial charge in [0.1, 0.15) is 5.75 Å². The van der Waals surface area contributed by atoms with Gasteiger partial charge in [-0.1, -0.05) is 31.2 Å². The molecule has 0 aliphatic heterocycles. The summed E-state index contributed by atoms with van der Waals surface area (Å²) in [5.74, 6) is 0.920. The topological polar surface area (TPSA) is 43.4 Å². The van der Waals surface area contributed by atoms with E-state index in [-0.39, 0.29) is 5.75 Å². The molecule has 2 aromatic carbocycles. The van der Waals surface area contributed by atoms with E-state index in [0.717, 1.165) is 16.9 Å². The molecule has 0 N–H and O–H groups in total. The van der Waals surface area contributed by atoms with Crippen LogP contribution in [0.25, 0.3) is 11.1 Å². The van der Waals surface area contributed by atoms with Gasteiger partial charge in [0.25, 0.3) is 0 Å². The summed E-state index contributed by atoms with van der Waals surface area (Å²) >= 11 is 0. The van der Waals surface area contributed by atoms with Crippen LogP contribution in [0.4, 0.5) is 0 Å². The lowest BCUT2D eigenvalue weighted by atomic mass is 10.1. The summed E-state index contributed by atoms with van der Waals surface area (Å²) in [5.41, 5.74) is 2.01. The first-order valence-electron chi connectivity index (χ1n) is 6.04. The van der Waals surface area contributed by atoms with Crippen LogP contribution in [0.15, 0.2) is 53.4 Å². The lowest BCUT2D eigenvalue weighted by molar-refractivity contribution is 0.415. The van der Waals surface area contributed by atoms with Crippen molar-refractivity contribution in [2.75, 3.05) is 12.9 Å². The predicted octanol–water partition coefficient (Wildman–Crippen LogP) is 3.16. The van der Waals surface area contributed by atoms with Crippen molar-refractivity contribution < 1.29 is 13.2 Å². The molecule has 19 heavy (non-hydrogen) atoms. The van der Waals surface area contributed by atoms with E-state index in [1.54, 1.807) is 26.2 Å². The van der Waals surface area contributed by atoms with Gasteiger partial charge in [-0.25, -0.2) is 8.42 Å². The van der Waals surface area contributed by atoms with Gasteiger partial charge < -0.3 is 4.74 Å². The van der Waals surface area contributed by atoms with Crippen LogP contribution in [0.5, 0.6) is 5.75 Å². The van der Waals surface area contributed by atoms with Gasteiger partial charge in [0.2, 0.25) is 0 Å². The minimum absolute atomic E-state index is 0.120. The second kappa shape index (κ2) is 5.45. The minimum Gasteiger partial charge on any atom is -0.497 e. The SMILES string of the molecule is CCS(=O)(=O)c1ccc(-c2ccc(OC)cc2)cc1. The van der Waals surface area contributed by atoms with Gasteiger partial charge in [-0.3, -0.25) is 0 Å². The summed E-state index contributed by atoms with van der Waals surface area (Å²) in [6.07, 6.45) is 0. The summed E-state index contributed by atoms with van der Waals surface area (Å²) in [5, 5.41) is 0. The number of benzene rings is 2. The molecule has 0 spiro atoms. The summed E-state index contributed by atoms with van der Waals surface area (Å²) < 4.78 is 28.5. The van der Waals surface area contributed by atoms with Crippen molar-refractivity contribution in [1.82, 2.24) is 0 Å². The van der Waals surface area contributed by atoms with E-state index in [4.69, 9.17) is 4.74 Å². The van der Waals surface area contributed by atoms with Crippen LogP contribution in [0.3, 0.4) is 0 Å². The van der Waals surface area contributed by atoms with Crippen LogP contribution in [0.2, 0.25) is 0 Å². The molecule has 0 saturated heterocycles. The van der Waals surface area contributed by atoms with Crippen molar-refractivity contribution in [2.45, 2.75) is 11.8 Å². The average Bonchev–Trinajstić information content (AvgIpc) is 2.47. The Morgan fingerprint density at radius 3 is 1.79 bits per heavy atom. The zero-order chi connectivity index (χ0) is 13.9. The van der Waals surface area contributed by atoms with Crippen LogP contribution in [-0.2, 0) is 9.84 Å². The average molecular weight is 276 g/mol. The Morgan fingerprint density at radius 2 is 1.37 bits per heavy atom. The summed E-state index contributed by atoms with van der Waals surface area (Å²) in [7, 11) is -1.50. The molecule has 0 bridgehead atoms. The van der Waals surface area contributed by atoms with Crippen molar-refractivity contribution in [2.24, 2.45) is 0 Å². The molecule has 0 amide bonds. The third kappa shape index (κ3) is 2.96. The molecular weight excluding hydrogens is 260 g/mol. The van der Waals surface area contributed by atoms with E-state index in [2.05, 4.69) is 0 Å². The van der Waals surface area contributed by atoms with Gasteiger partial charge in [-0.15, -0.1) is 0 Å². The number of hydrogen-bond donors (Lipinski definition) is 0. The van der Waals surface area contributed by atoms with Crippen molar-refractivity contribution in [3.63, 3.8) is 0 Å². The van der Waals surface area contributed by atoms with E-state index >= 15 is 0 Å². The Balaban J connectivity index is 2.32. The van der Waals surface area contributed by atoms with Gasteiger partial charge in [0.05, 0.1) is 17.8 Å². The van der Waals surface area contributed by atoms with E-state index in [0.29, 0.717) is 4.90 Å². The zero-order valence-corrected chi connectivity index (χ0v) is 11.8. The molecule has 0 aromatic heterocycles. The molecule has 0 atom stereocenters. The Morgan fingerprint density at radius 1 is 0.895 bits per heavy atom. The van der Waals surface area contributed by atoms with Gasteiger partial charge in [-0.05, 0) is 35.4 Å². The highest BCUT2D eigenvalue weighted by atomic mass is 32.2. The summed E-state index contributed by atoms with van der Waals surface area (Å²) in [4.78, 5) is 0.368. The lowest BCUT2D eigenvalue weighted by Crippen LogP contribution is -2.03. The largest absolute Gasteiger partial charge is 0.497 e. The molecule has 0 aliphatic carbocycles.